The molecular formula is C23H27N3O4S2. The molecule has 2 aromatic carbocycles. The second-order valence-electron chi connectivity index (χ2n) is 8.12. The number of nitrogens with zero attached hydrogens (tertiary/aromatic N) is 2. The summed E-state index contributed by atoms with van der Waals surface area (Å²) in [6, 6.07) is 15.0. The Bertz CT molecular complexity index is 1260. The van der Waals surface area contributed by atoms with E-state index < -0.39 is 10.0 Å². The van der Waals surface area contributed by atoms with E-state index in [0.717, 1.165) is 29.7 Å². The quantitative estimate of drug-likeness (QED) is 0.535. The van der Waals surface area contributed by atoms with Crippen LogP contribution in [0.3, 0.4) is 0 Å². The maximum atomic E-state index is 13.1. The van der Waals surface area contributed by atoms with Crippen molar-refractivity contribution < 1.29 is 13.2 Å². The van der Waals surface area contributed by atoms with Crippen LogP contribution in [-0.4, -0.2) is 42.8 Å². The molecule has 1 amide bonds. The first-order valence-corrected chi connectivity index (χ1v) is 13.0. The standard InChI is InChI=1S/C23H27N3O4S2/c1-25-20-10-9-19(16-21(20)31-23(25)28)32(29,30)26-14-11-18(12-15-26)22(27)24-13-5-8-17-6-3-2-4-7-17/h2-4,6-7,9-10,16,18H,5,8,11-15H2,1H3,(H,24,27). The predicted octanol–water partition coefficient (Wildman–Crippen LogP) is 2.75. The van der Waals surface area contributed by atoms with Crippen molar-refractivity contribution in [1.29, 1.82) is 0 Å². The Balaban J connectivity index is 1.30. The zero-order chi connectivity index (χ0) is 22.7. The molecule has 2 heterocycles. The molecule has 0 aliphatic carbocycles. The maximum Gasteiger partial charge on any atom is 0.307 e. The second kappa shape index (κ2) is 9.56. The van der Waals surface area contributed by atoms with Crippen molar-refractivity contribution in [2.24, 2.45) is 13.0 Å². The average molecular weight is 474 g/mol. The maximum absolute atomic E-state index is 13.1. The van der Waals surface area contributed by atoms with E-state index in [1.54, 1.807) is 25.2 Å². The van der Waals surface area contributed by atoms with Crippen LogP contribution >= 0.6 is 11.3 Å². The number of carbonyl (C=O) groups excluding carboxylic acids is 1. The normalized spacial score (nSPS) is 15.8. The molecule has 170 valence electrons. The van der Waals surface area contributed by atoms with E-state index in [1.807, 2.05) is 18.2 Å². The van der Waals surface area contributed by atoms with E-state index in [4.69, 9.17) is 0 Å². The van der Waals surface area contributed by atoms with Gasteiger partial charge in [0.05, 0.1) is 15.1 Å². The van der Waals surface area contributed by atoms with E-state index in [1.165, 1.54) is 14.4 Å². The SMILES string of the molecule is Cn1c(=O)sc2cc(S(=O)(=O)N3CCC(C(=O)NCCCc4ccccc4)CC3)ccc21. The number of rotatable bonds is 7. The molecule has 1 aliphatic heterocycles. The summed E-state index contributed by atoms with van der Waals surface area (Å²) in [7, 11) is -1.99. The fraction of sp³-hybridized carbons (Fsp3) is 0.391. The van der Waals surface area contributed by atoms with Gasteiger partial charge in [-0.1, -0.05) is 41.7 Å². The first kappa shape index (κ1) is 22.7. The molecule has 1 saturated heterocycles. The van der Waals surface area contributed by atoms with Crippen LogP contribution in [0.15, 0.2) is 58.2 Å². The lowest BCUT2D eigenvalue weighted by atomic mass is 9.97. The minimum absolute atomic E-state index is 0.00518. The van der Waals surface area contributed by atoms with E-state index in [9.17, 15) is 18.0 Å². The second-order valence-corrected chi connectivity index (χ2v) is 11.0. The van der Waals surface area contributed by atoms with Gasteiger partial charge < -0.3 is 9.88 Å². The average Bonchev–Trinajstić information content (AvgIpc) is 3.10. The first-order valence-electron chi connectivity index (χ1n) is 10.8. The number of fused-ring (bicyclic) bond motifs is 1. The molecule has 0 spiro atoms. The van der Waals surface area contributed by atoms with Gasteiger partial charge in [0, 0.05) is 32.6 Å². The number of hydrogen-bond donors (Lipinski definition) is 1. The molecule has 9 heteroatoms. The summed E-state index contributed by atoms with van der Waals surface area (Å²) in [5.74, 6) is -0.161. The minimum atomic E-state index is -3.66. The van der Waals surface area contributed by atoms with E-state index in [2.05, 4.69) is 17.4 Å². The number of piperidine rings is 1. The van der Waals surface area contributed by atoms with Crippen LogP contribution in [0.2, 0.25) is 0 Å². The summed E-state index contributed by atoms with van der Waals surface area (Å²) in [5, 5.41) is 3.00. The largest absolute Gasteiger partial charge is 0.356 e. The number of hydrogen-bond acceptors (Lipinski definition) is 5. The number of aromatic nitrogens is 1. The van der Waals surface area contributed by atoms with Gasteiger partial charge in [0.15, 0.2) is 0 Å². The van der Waals surface area contributed by atoms with Crippen LogP contribution in [0.1, 0.15) is 24.8 Å². The Kier molecular flexibility index (Phi) is 6.78. The molecule has 1 fully saturated rings. The van der Waals surface area contributed by atoms with Crippen molar-refractivity contribution in [2.45, 2.75) is 30.6 Å². The monoisotopic (exact) mass is 473 g/mol. The molecule has 7 nitrogen and oxygen atoms in total. The molecule has 0 radical (unpaired) electrons. The van der Waals surface area contributed by atoms with Gasteiger partial charge in [-0.2, -0.15) is 4.31 Å². The molecule has 0 saturated carbocycles. The van der Waals surface area contributed by atoms with Crippen molar-refractivity contribution in [2.75, 3.05) is 19.6 Å². The number of sulfonamides is 1. The van der Waals surface area contributed by atoms with Crippen LogP contribution in [0, 0.1) is 5.92 Å². The lowest BCUT2D eigenvalue weighted by molar-refractivity contribution is -0.126. The van der Waals surface area contributed by atoms with Crippen LogP contribution < -0.4 is 10.2 Å². The Morgan fingerprint density at radius 3 is 2.56 bits per heavy atom. The van der Waals surface area contributed by atoms with Gasteiger partial charge in [0.2, 0.25) is 15.9 Å². The van der Waals surface area contributed by atoms with Crippen LogP contribution in [0.25, 0.3) is 10.2 Å². The molecular weight excluding hydrogens is 446 g/mol. The molecule has 0 atom stereocenters. The lowest BCUT2D eigenvalue weighted by Gasteiger charge is -2.30. The van der Waals surface area contributed by atoms with Crippen LogP contribution in [0.4, 0.5) is 0 Å². The summed E-state index contributed by atoms with van der Waals surface area (Å²) >= 11 is 1.04. The highest BCUT2D eigenvalue weighted by Gasteiger charge is 2.32. The Morgan fingerprint density at radius 1 is 1.12 bits per heavy atom. The van der Waals surface area contributed by atoms with Gasteiger partial charge in [-0.05, 0) is 49.4 Å². The van der Waals surface area contributed by atoms with Crippen molar-refractivity contribution >= 4 is 37.5 Å². The van der Waals surface area contributed by atoms with Crippen molar-refractivity contribution in [1.82, 2.24) is 14.2 Å². The zero-order valence-electron chi connectivity index (χ0n) is 18.0. The third-order valence-electron chi connectivity index (χ3n) is 6.01. The van der Waals surface area contributed by atoms with Crippen LogP contribution in [-0.2, 0) is 28.3 Å². The Hall–Kier alpha value is -2.49. The number of benzene rings is 2. The molecule has 3 aromatic rings. The van der Waals surface area contributed by atoms with E-state index in [0.29, 0.717) is 37.2 Å². The molecule has 4 rings (SSSR count). The number of aryl methyl sites for hydroxylation is 2. The molecule has 0 unspecified atom stereocenters. The molecule has 32 heavy (non-hydrogen) atoms. The van der Waals surface area contributed by atoms with Crippen molar-refractivity contribution in [3.8, 4) is 0 Å². The fourth-order valence-electron chi connectivity index (χ4n) is 4.08. The molecule has 1 N–H and O–H groups in total. The topological polar surface area (TPSA) is 88.5 Å². The molecule has 1 aliphatic rings. The molecule has 0 bridgehead atoms. The zero-order valence-corrected chi connectivity index (χ0v) is 19.6. The molecule has 1 aromatic heterocycles. The van der Waals surface area contributed by atoms with Gasteiger partial charge in [0.25, 0.3) is 0 Å². The lowest BCUT2D eigenvalue weighted by Crippen LogP contribution is -2.43. The van der Waals surface area contributed by atoms with Gasteiger partial charge >= 0.3 is 4.87 Å². The van der Waals surface area contributed by atoms with E-state index >= 15 is 0 Å². The minimum Gasteiger partial charge on any atom is -0.356 e. The summed E-state index contributed by atoms with van der Waals surface area (Å²) in [6.07, 6.45) is 2.80. The smallest absolute Gasteiger partial charge is 0.307 e. The summed E-state index contributed by atoms with van der Waals surface area (Å²) in [5.41, 5.74) is 1.97. The van der Waals surface area contributed by atoms with E-state index in [-0.39, 0.29) is 21.6 Å². The Labute approximate surface area is 191 Å². The van der Waals surface area contributed by atoms with Crippen molar-refractivity contribution in [3.05, 3.63) is 63.8 Å². The number of amides is 1. The highest BCUT2D eigenvalue weighted by atomic mass is 32.2. The van der Waals surface area contributed by atoms with Gasteiger partial charge in [-0.15, -0.1) is 0 Å². The third-order valence-corrected chi connectivity index (χ3v) is 8.90. The van der Waals surface area contributed by atoms with Crippen molar-refractivity contribution in [3.63, 3.8) is 0 Å². The highest BCUT2D eigenvalue weighted by molar-refractivity contribution is 7.89. The summed E-state index contributed by atoms with van der Waals surface area (Å²) in [6.45, 7) is 1.24. The van der Waals surface area contributed by atoms with Crippen LogP contribution in [0.5, 0.6) is 0 Å². The summed E-state index contributed by atoms with van der Waals surface area (Å²) < 4.78 is 29.8. The fourth-order valence-corrected chi connectivity index (χ4v) is 6.57. The van der Waals surface area contributed by atoms with Gasteiger partial charge in [-0.3, -0.25) is 9.59 Å². The van der Waals surface area contributed by atoms with Gasteiger partial charge in [-0.25, -0.2) is 8.42 Å². The Morgan fingerprint density at radius 2 is 1.84 bits per heavy atom. The number of thiazole rings is 1. The van der Waals surface area contributed by atoms with Gasteiger partial charge in [0.1, 0.15) is 0 Å². The first-order chi connectivity index (χ1) is 15.4. The highest BCUT2D eigenvalue weighted by Crippen LogP contribution is 2.27. The summed E-state index contributed by atoms with van der Waals surface area (Å²) in [4.78, 5) is 24.4. The third kappa shape index (κ3) is 4.79. The predicted molar refractivity (Wildman–Crippen MR) is 126 cm³/mol. The number of carbonyl (C=O) groups is 1. The number of nitrogens with one attached hydrogen (secondary N) is 1.